The molecule has 1 heterocycles. The molecule has 0 saturated heterocycles. The highest BCUT2D eigenvalue weighted by molar-refractivity contribution is 6.32. The van der Waals surface area contributed by atoms with Crippen LogP contribution in [0.15, 0.2) is 48.5 Å². The second kappa shape index (κ2) is 8.37. The fourth-order valence-corrected chi connectivity index (χ4v) is 2.76. The average Bonchev–Trinajstić information content (AvgIpc) is 2.68. The number of aromatic nitrogens is 2. The molecule has 7 nitrogen and oxygen atoms in total. The molecular weight excluding hydrogens is 378 g/mol. The highest BCUT2D eigenvalue weighted by Crippen LogP contribution is 2.28. The molecular formula is C20H16ClN5O2. The average molecular weight is 394 g/mol. The number of halogens is 1. The minimum Gasteiger partial charge on any atom is -0.495 e. The van der Waals surface area contributed by atoms with Crippen LogP contribution in [0, 0.1) is 18.3 Å². The fraction of sp³-hybridized carbons (Fsp3) is 0.100. The highest BCUT2D eigenvalue weighted by atomic mass is 35.5. The summed E-state index contributed by atoms with van der Waals surface area (Å²) >= 11 is 6.14. The van der Waals surface area contributed by atoms with Crippen LogP contribution in [0.5, 0.6) is 5.75 Å². The zero-order valence-electron chi connectivity index (χ0n) is 15.2. The second-order valence-corrected chi connectivity index (χ2v) is 6.21. The molecule has 0 aliphatic rings. The molecule has 0 bridgehead atoms. The van der Waals surface area contributed by atoms with Gasteiger partial charge in [0.2, 0.25) is 0 Å². The monoisotopic (exact) mass is 393 g/mol. The molecule has 3 aromatic rings. The number of nitrogens with zero attached hydrogens (tertiary/aromatic N) is 3. The van der Waals surface area contributed by atoms with Crippen molar-refractivity contribution in [2.45, 2.75) is 6.92 Å². The molecule has 0 spiro atoms. The van der Waals surface area contributed by atoms with Gasteiger partial charge < -0.3 is 15.4 Å². The Morgan fingerprint density at radius 2 is 1.96 bits per heavy atom. The first kappa shape index (κ1) is 19.1. The van der Waals surface area contributed by atoms with Gasteiger partial charge >= 0.3 is 0 Å². The van der Waals surface area contributed by atoms with Gasteiger partial charge in [-0.25, -0.2) is 9.97 Å². The van der Waals surface area contributed by atoms with Gasteiger partial charge in [-0.05, 0) is 43.3 Å². The molecule has 0 radical (unpaired) electrons. The van der Waals surface area contributed by atoms with Gasteiger partial charge in [-0.2, -0.15) is 5.26 Å². The molecule has 0 atom stereocenters. The fourth-order valence-electron chi connectivity index (χ4n) is 2.50. The first-order valence-electron chi connectivity index (χ1n) is 8.26. The number of methoxy groups -OCH3 is 1. The van der Waals surface area contributed by atoms with Gasteiger partial charge in [0.05, 0.1) is 23.8 Å². The molecule has 0 aliphatic carbocycles. The maximum absolute atomic E-state index is 12.6. The van der Waals surface area contributed by atoms with E-state index in [1.165, 1.54) is 6.07 Å². The van der Waals surface area contributed by atoms with Gasteiger partial charge in [-0.15, -0.1) is 0 Å². The van der Waals surface area contributed by atoms with Crippen molar-refractivity contribution < 1.29 is 9.53 Å². The predicted molar refractivity (Wildman–Crippen MR) is 107 cm³/mol. The lowest BCUT2D eigenvalue weighted by Gasteiger charge is -2.11. The van der Waals surface area contributed by atoms with Crippen molar-refractivity contribution in [3.63, 3.8) is 0 Å². The molecule has 0 saturated carbocycles. The van der Waals surface area contributed by atoms with Crippen LogP contribution >= 0.6 is 11.6 Å². The number of carbonyl (C=O) groups excluding carboxylic acids is 1. The van der Waals surface area contributed by atoms with Crippen molar-refractivity contribution in [2.24, 2.45) is 0 Å². The Morgan fingerprint density at radius 1 is 1.14 bits per heavy atom. The summed E-state index contributed by atoms with van der Waals surface area (Å²) in [4.78, 5) is 21.0. The molecule has 0 unspecified atom stereocenters. The Bertz CT molecular complexity index is 1080. The van der Waals surface area contributed by atoms with E-state index in [4.69, 9.17) is 21.6 Å². The Hall–Kier alpha value is -3.63. The number of hydrogen-bond donors (Lipinski definition) is 2. The molecule has 2 N–H and O–H groups in total. The number of aryl methyl sites for hydroxylation is 1. The number of ether oxygens (including phenoxy) is 1. The van der Waals surface area contributed by atoms with Crippen LogP contribution in [0.3, 0.4) is 0 Å². The summed E-state index contributed by atoms with van der Waals surface area (Å²) < 4.78 is 5.13. The largest absolute Gasteiger partial charge is 0.495 e. The number of benzene rings is 2. The van der Waals surface area contributed by atoms with Crippen LogP contribution in [-0.4, -0.2) is 23.0 Å². The topological polar surface area (TPSA) is 99.9 Å². The number of anilines is 3. The molecule has 1 amide bonds. The standard InChI is InChI=1S/C20H16ClN5O2/c1-12-23-17(20(27)26-14-5-3-4-13(8-14)11-22)10-19(24-12)25-15-6-7-18(28-2)16(21)9-15/h3-10H,1-2H3,(H,26,27)(H,23,24,25). The number of amides is 1. The lowest BCUT2D eigenvalue weighted by Crippen LogP contribution is -2.15. The number of nitriles is 1. The summed E-state index contributed by atoms with van der Waals surface area (Å²) in [7, 11) is 1.54. The smallest absolute Gasteiger partial charge is 0.274 e. The van der Waals surface area contributed by atoms with Crippen molar-refractivity contribution in [1.29, 1.82) is 5.26 Å². The van der Waals surface area contributed by atoms with E-state index in [0.717, 1.165) is 0 Å². The summed E-state index contributed by atoms with van der Waals surface area (Å²) in [6.45, 7) is 1.69. The third kappa shape index (κ3) is 4.55. The number of carbonyl (C=O) groups is 1. The van der Waals surface area contributed by atoms with E-state index in [-0.39, 0.29) is 5.69 Å². The molecule has 2 aromatic carbocycles. The lowest BCUT2D eigenvalue weighted by molar-refractivity contribution is 0.102. The number of nitrogens with one attached hydrogen (secondary N) is 2. The molecule has 1 aromatic heterocycles. The van der Waals surface area contributed by atoms with Crippen molar-refractivity contribution in [3.05, 3.63) is 70.6 Å². The molecule has 28 heavy (non-hydrogen) atoms. The number of hydrogen-bond acceptors (Lipinski definition) is 6. The van der Waals surface area contributed by atoms with Gasteiger partial charge in [-0.1, -0.05) is 17.7 Å². The van der Waals surface area contributed by atoms with E-state index in [1.807, 2.05) is 6.07 Å². The zero-order valence-corrected chi connectivity index (χ0v) is 15.9. The molecule has 8 heteroatoms. The van der Waals surface area contributed by atoms with Crippen LogP contribution in [0.4, 0.5) is 17.2 Å². The lowest BCUT2D eigenvalue weighted by atomic mass is 10.2. The summed E-state index contributed by atoms with van der Waals surface area (Å²) in [6, 6.07) is 15.4. The van der Waals surface area contributed by atoms with Crippen molar-refractivity contribution in [3.8, 4) is 11.8 Å². The maximum atomic E-state index is 12.6. The van der Waals surface area contributed by atoms with E-state index in [1.54, 1.807) is 56.5 Å². The van der Waals surface area contributed by atoms with Crippen molar-refractivity contribution in [2.75, 3.05) is 17.7 Å². The van der Waals surface area contributed by atoms with Crippen LogP contribution < -0.4 is 15.4 Å². The molecule has 140 valence electrons. The minimum atomic E-state index is -0.406. The summed E-state index contributed by atoms with van der Waals surface area (Å²) in [5.41, 5.74) is 1.85. The molecule has 0 aliphatic heterocycles. The van der Waals surface area contributed by atoms with E-state index in [0.29, 0.717) is 39.4 Å². The minimum absolute atomic E-state index is 0.192. The van der Waals surface area contributed by atoms with Crippen molar-refractivity contribution in [1.82, 2.24) is 9.97 Å². The van der Waals surface area contributed by atoms with E-state index in [2.05, 4.69) is 20.6 Å². The maximum Gasteiger partial charge on any atom is 0.274 e. The number of rotatable bonds is 5. The van der Waals surface area contributed by atoms with Gasteiger partial charge in [0.15, 0.2) is 0 Å². The van der Waals surface area contributed by atoms with Gasteiger partial charge in [0.25, 0.3) is 5.91 Å². The van der Waals surface area contributed by atoms with Gasteiger partial charge in [0.1, 0.15) is 23.1 Å². The Kier molecular flexibility index (Phi) is 5.72. The van der Waals surface area contributed by atoms with Crippen LogP contribution in [0.1, 0.15) is 21.9 Å². The van der Waals surface area contributed by atoms with Crippen molar-refractivity contribution >= 4 is 34.7 Å². The first-order chi connectivity index (χ1) is 13.5. The van der Waals surface area contributed by atoms with E-state index in [9.17, 15) is 4.79 Å². The summed E-state index contributed by atoms with van der Waals surface area (Å²) in [6.07, 6.45) is 0. The Morgan fingerprint density at radius 3 is 2.68 bits per heavy atom. The summed E-state index contributed by atoms with van der Waals surface area (Å²) in [5, 5.41) is 15.3. The zero-order chi connectivity index (χ0) is 20.1. The first-order valence-corrected chi connectivity index (χ1v) is 8.64. The molecule has 3 rings (SSSR count). The van der Waals surface area contributed by atoms with E-state index < -0.39 is 5.91 Å². The van der Waals surface area contributed by atoms with Gasteiger partial charge in [0, 0.05) is 17.4 Å². The van der Waals surface area contributed by atoms with Crippen LogP contribution in [0.2, 0.25) is 5.02 Å². The normalized spacial score (nSPS) is 10.1. The van der Waals surface area contributed by atoms with Crippen LogP contribution in [-0.2, 0) is 0 Å². The third-order valence-corrected chi connectivity index (χ3v) is 4.04. The third-order valence-electron chi connectivity index (χ3n) is 3.74. The van der Waals surface area contributed by atoms with Gasteiger partial charge in [-0.3, -0.25) is 4.79 Å². The predicted octanol–water partition coefficient (Wildman–Crippen LogP) is 4.31. The Labute approximate surface area is 167 Å². The second-order valence-electron chi connectivity index (χ2n) is 5.81. The van der Waals surface area contributed by atoms with E-state index >= 15 is 0 Å². The Balaban J connectivity index is 1.81. The quantitative estimate of drug-likeness (QED) is 0.669. The van der Waals surface area contributed by atoms with Crippen LogP contribution in [0.25, 0.3) is 0 Å². The summed E-state index contributed by atoms with van der Waals surface area (Å²) in [5.74, 6) is 1.03. The highest BCUT2D eigenvalue weighted by Gasteiger charge is 2.12. The molecule has 0 fully saturated rings. The SMILES string of the molecule is COc1ccc(Nc2cc(C(=O)Nc3cccc(C#N)c3)nc(C)n2)cc1Cl.